The topological polar surface area (TPSA) is 69.9 Å². The van der Waals surface area contributed by atoms with E-state index in [1.807, 2.05) is 13.8 Å². The van der Waals surface area contributed by atoms with Crippen molar-refractivity contribution < 1.29 is 20.1 Å². The number of hydrogen-bond donors (Lipinski definition) is 3. The number of aliphatic hydroxyl groups excluding tert-OH is 1. The summed E-state index contributed by atoms with van der Waals surface area (Å²) in [6, 6.07) is 0. The van der Waals surface area contributed by atoms with Gasteiger partial charge in [-0.3, -0.25) is 0 Å². The van der Waals surface area contributed by atoms with Crippen LogP contribution in [0.3, 0.4) is 0 Å². The van der Waals surface area contributed by atoms with Crippen molar-refractivity contribution in [2.24, 2.45) is 34.5 Å². The quantitative estimate of drug-likeness (QED) is 0.296. The average Bonchev–Trinajstić information content (AvgIpc) is 3.05. The van der Waals surface area contributed by atoms with E-state index < -0.39 is 17.3 Å². The first kappa shape index (κ1) is 26.6. The Morgan fingerprint density at radius 2 is 1.68 bits per heavy atom. The second kappa shape index (κ2) is 9.47. The maximum atomic E-state index is 11.3. The first-order chi connectivity index (χ1) is 15.7. The lowest BCUT2D eigenvalue weighted by Gasteiger charge is -2.59. The molecule has 3 fully saturated rings. The van der Waals surface area contributed by atoms with Gasteiger partial charge in [0.2, 0.25) is 0 Å². The molecular formula is C30H52O4. The molecule has 4 nitrogen and oxygen atoms in total. The first-order valence-electron chi connectivity index (χ1n) is 14.2. The van der Waals surface area contributed by atoms with Gasteiger partial charge >= 0.3 is 0 Å². The van der Waals surface area contributed by atoms with E-state index in [1.54, 1.807) is 13.8 Å². The van der Waals surface area contributed by atoms with E-state index in [4.69, 9.17) is 4.74 Å². The largest absolute Gasteiger partial charge is 0.390 e. The van der Waals surface area contributed by atoms with Crippen LogP contribution in [0, 0.1) is 34.5 Å². The number of allylic oxidation sites excluding steroid dienone is 1. The Labute approximate surface area is 208 Å². The van der Waals surface area contributed by atoms with E-state index in [-0.39, 0.29) is 18.1 Å². The van der Waals surface area contributed by atoms with Gasteiger partial charge in [0, 0.05) is 0 Å². The Balaban J connectivity index is 1.43. The normalized spacial score (nSPS) is 42.6. The molecule has 0 amide bonds. The predicted molar refractivity (Wildman–Crippen MR) is 137 cm³/mol. The maximum Gasteiger partial charge on any atom is 0.102 e. The number of ether oxygens (including phenoxy) is 1. The van der Waals surface area contributed by atoms with Crippen LogP contribution in [0.1, 0.15) is 112 Å². The van der Waals surface area contributed by atoms with Gasteiger partial charge in [0.05, 0.1) is 23.9 Å². The van der Waals surface area contributed by atoms with Gasteiger partial charge < -0.3 is 20.1 Å². The molecule has 0 heterocycles. The molecule has 8 unspecified atom stereocenters. The molecule has 0 aromatic rings. The van der Waals surface area contributed by atoms with Crippen molar-refractivity contribution in [1.82, 2.24) is 0 Å². The predicted octanol–water partition coefficient (Wildman–Crippen LogP) is 6.02. The molecule has 4 aliphatic rings. The van der Waals surface area contributed by atoms with Crippen LogP contribution in [-0.4, -0.2) is 45.3 Å². The summed E-state index contributed by atoms with van der Waals surface area (Å²) in [6.45, 7) is 12.7. The van der Waals surface area contributed by atoms with Crippen molar-refractivity contribution in [3.8, 4) is 0 Å². The second-order valence-electron chi connectivity index (χ2n) is 14.2. The third kappa shape index (κ3) is 5.17. The van der Waals surface area contributed by atoms with Crippen LogP contribution in [0.2, 0.25) is 0 Å². The van der Waals surface area contributed by atoms with E-state index in [2.05, 4.69) is 19.9 Å². The Morgan fingerprint density at radius 1 is 0.941 bits per heavy atom. The number of rotatable bonds is 8. The average molecular weight is 477 g/mol. The van der Waals surface area contributed by atoms with Crippen molar-refractivity contribution in [2.45, 2.75) is 136 Å². The summed E-state index contributed by atoms with van der Waals surface area (Å²) in [6.07, 6.45) is 14.7. The van der Waals surface area contributed by atoms with Crippen LogP contribution < -0.4 is 0 Å². The first-order valence-corrected chi connectivity index (χ1v) is 14.2. The lowest BCUT2D eigenvalue weighted by atomic mass is 9.47. The Kier molecular flexibility index (Phi) is 7.42. The minimum Gasteiger partial charge on any atom is -0.390 e. The van der Waals surface area contributed by atoms with Gasteiger partial charge in [0.15, 0.2) is 0 Å². The van der Waals surface area contributed by atoms with Crippen molar-refractivity contribution in [2.75, 3.05) is 6.61 Å². The lowest BCUT2D eigenvalue weighted by Crippen LogP contribution is -2.54. The van der Waals surface area contributed by atoms with Gasteiger partial charge in [-0.05, 0) is 126 Å². The Morgan fingerprint density at radius 3 is 2.35 bits per heavy atom. The van der Waals surface area contributed by atoms with E-state index in [0.717, 1.165) is 49.9 Å². The molecule has 196 valence electrons. The van der Waals surface area contributed by atoms with E-state index in [9.17, 15) is 15.3 Å². The summed E-state index contributed by atoms with van der Waals surface area (Å²) in [5.74, 6) is 3.05. The van der Waals surface area contributed by atoms with Crippen LogP contribution in [0.5, 0.6) is 0 Å². The smallest absolute Gasteiger partial charge is 0.102 e. The van der Waals surface area contributed by atoms with Crippen molar-refractivity contribution >= 4 is 0 Å². The van der Waals surface area contributed by atoms with E-state index >= 15 is 0 Å². The van der Waals surface area contributed by atoms with Crippen molar-refractivity contribution in [3.05, 3.63) is 11.6 Å². The van der Waals surface area contributed by atoms with Gasteiger partial charge in [0.25, 0.3) is 0 Å². The van der Waals surface area contributed by atoms with Gasteiger partial charge in [-0.2, -0.15) is 0 Å². The van der Waals surface area contributed by atoms with Crippen molar-refractivity contribution in [1.29, 1.82) is 0 Å². The second-order valence-corrected chi connectivity index (χ2v) is 14.2. The fraction of sp³-hybridized carbons (Fsp3) is 0.933. The van der Waals surface area contributed by atoms with Crippen LogP contribution in [-0.2, 0) is 4.74 Å². The molecule has 4 rings (SSSR count). The van der Waals surface area contributed by atoms with Crippen LogP contribution in [0.15, 0.2) is 11.6 Å². The molecule has 0 bridgehead atoms. The molecule has 0 saturated heterocycles. The standard InChI is InChI=1S/C30H52O4/c1-27(2,32)16-8-7-9-20-10-12-22-21-11-13-24-26(31)25(34-19-28(3,4)33)15-18-30(24,6)23(21)14-17-29(20,22)5/h13,20-23,25-26,31-33H,7-12,14-19H2,1-6H3. The molecule has 0 radical (unpaired) electrons. The number of aliphatic hydroxyl groups is 3. The molecule has 0 aliphatic heterocycles. The summed E-state index contributed by atoms with van der Waals surface area (Å²) >= 11 is 0. The molecule has 34 heavy (non-hydrogen) atoms. The summed E-state index contributed by atoms with van der Waals surface area (Å²) in [5.41, 5.74) is 0.371. The van der Waals surface area contributed by atoms with Gasteiger partial charge in [-0.25, -0.2) is 0 Å². The highest BCUT2D eigenvalue weighted by Crippen LogP contribution is 2.66. The monoisotopic (exact) mass is 476 g/mol. The van der Waals surface area contributed by atoms with Gasteiger partial charge in [0.1, 0.15) is 6.10 Å². The summed E-state index contributed by atoms with van der Waals surface area (Å²) in [7, 11) is 0. The highest BCUT2D eigenvalue weighted by atomic mass is 16.5. The fourth-order valence-electron chi connectivity index (χ4n) is 8.72. The molecule has 0 aromatic carbocycles. The van der Waals surface area contributed by atoms with Gasteiger partial charge in [-0.15, -0.1) is 0 Å². The zero-order valence-electron chi connectivity index (χ0n) is 22.8. The molecular weight excluding hydrogens is 424 g/mol. The molecule has 4 heteroatoms. The fourth-order valence-corrected chi connectivity index (χ4v) is 8.72. The number of fused-ring (bicyclic) bond motifs is 5. The molecule has 8 atom stereocenters. The highest BCUT2D eigenvalue weighted by molar-refractivity contribution is 5.29. The number of unbranched alkanes of at least 4 members (excludes halogenated alkanes) is 1. The van der Waals surface area contributed by atoms with E-state index in [0.29, 0.717) is 11.3 Å². The SMILES string of the molecule is CC(C)(O)CCCCC1CCC2C3CC=C4C(O)C(OCC(C)(C)O)CCC4(C)C3CCC12C. The molecule has 0 spiro atoms. The summed E-state index contributed by atoms with van der Waals surface area (Å²) in [4.78, 5) is 0. The van der Waals surface area contributed by atoms with Crippen LogP contribution in [0.25, 0.3) is 0 Å². The molecule has 3 saturated carbocycles. The Bertz CT molecular complexity index is 746. The highest BCUT2D eigenvalue weighted by Gasteiger charge is 2.59. The zero-order chi connectivity index (χ0) is 24.9. The summed E-state index contributed by atoms with van der Waals surface area (Å²) in [5, 5.41) is 31.4. The number of hydrogen-bond acceptors (Lipinski definition) is 4. The van der Waals surface area contributed by atoms with E-state index in [1.165, 1.54) is 44.1 Å². The minimum atomic E-state index is -0.867. The van der Waals surface area contributed by atoms with Crippen LogP contribution in [0.4, 0.5) is 0 Å². The minimum absolute atomic E-state index is 0.0864. The van der Waals surface area contributed by atoms with Crippen LogP contribution >= 0.6 is 0 Å². The third-order valence-corrected chi connectivity index (χ3v) is 10.6. The van der Waals surface area contributed by atoms with Crippen molar-refractivity contribution in [3.63, 3.8) is 0 Å². The lowest BCUT2D eigenvalue weighted by molar-refractivity contribution is -0.119. The zero-order valence-corrected chi connectivity index (χ0v) is 22.8. The molecule has 0 aromatic heterocycles. The third-order valence-electron chi connectivity index (χ3n) is 10.6. The van der Waals surface area contributed by atoms with Gasteiger partial charge in [-0.1, -0.05) is 32.8 Å². The molecule has 3 N–H and O–H groups in total. The Hall–Kier alpha value is -0.420. The maximum absolute atomic E-state index is 11.3. The summed E-state index contributed by atoms with van der Waals surface area (Å²) < 4.78 is 6.00. The molecule has 4 aliphatic carbocycles.